The van der Waals surface area contributed by atoms with Crippen molar-refractivity contribution >= 4 is 5.91 Å². The summed E-state index contributed by atoms with van der Waals surface area (Å²) < 4.78 is 0. The van der Waals surface area contributed by atoms with E-state index in [0.717, 1.165) is 0 Å². The molecule has 0 radical (unpaired) electrons. The second-order valence-electron chi connectivity index (χ2n) is 3.19. The summed E-state index contributed by atoms with van der Waals surface area (Å²) in [5.41, 5.74) is 0. The maximum Gasteiger partial charge on any atom is 0.217 e. The normalized spacial score (nSPS) is 44.8. The zero-order chi connectivity index (χ0) is 10.2. The van der Waals surface area contributed by atoms with Gasteiger partial charge in [-0.15, -0.1) is 0 Å². The van der Waals surface area contributed by atoms with Crippen LogP contribution in [0.2, 0.25) is 0 Å². The summed E-state index contributed by atoms with van der Waals surface area (Å²) in [6.07, 6.45) is -5.53. The van der Waals surface area contributed by atoms with Gasteiger partial charge in [0.05, 0.1) is 6.04 Å². The van der Waals surface area contributed by atoms with Crippen molar-refractivity contribution in [3.05, 3.63) is 0 Å². The SMILES string of the molecule is CC(=O)NC1[C@@H](O)[C@H](O)[C@H](O)[C@H]1O. The monoisotopic (exact) mass is 191 g/mol. The molecular formula is C7H13NO5. The first-order valence-corrected chi connectivity index (χ1v) is 3.94. The minimum atomic E-state index is -1.42. The van der Waals surface area contributed by atoms with Crippen LogP contribution in [-0.4, -0.2) is 56.8 Å². The van der Waals surface area contributed by atoms with E-state index in [1.54, 1.807) is 0 Å². The lowest BCUT2D eigenvalue weighted by Crippen LogP contribution is -2.47. The van der Waals surface area contributed by atoms with Gasteiger partial charge in [-0.3, -0.25) is 4.79 Å². The number of rotatable bonds is 1. The number of hydrogen-bond acceptors (Lipinski definition) is 5. The Bertz CT molecular complexity index is 195. The number of aliphatic hydroxyl groups excluding tert-OH is 4. The number of nitrogens with one attached hydrogen (secondary N) is 1. The van der Waals surface area contributed by atoms with Gasteiger partial charge in [-0.1, -0.05) is 0 Å². The first-order chi connectivity index (χ1) is 5.95. The Balaban J connectivity index is 2.69. The molecule has 1 aliphatic carbocycles. The highest BCUT2D eigenvalue weighted by Crippen LogP contribution is 2.21. The summed E-state index contributed by atoms with van der Waals surface area (Å²) in [6, 6.07) is -1.01. The highest BCUT2D eigenvalue weighted by atomic mass is 16.4. The predicted molar refractivity (Wildman–Crippen MR) is 41.6 cm³/mol. The summed E-state index contributed by atoms with van der Waals surface area (Å²) in [5, 5.41) is 39.0. The van der Waals surface area contributed by atoms with Gasteiger partial charge in [0.25, 0.3) is 0 Å². The van der Waals surface area contributed by atoms with Gasteiger partial charge < -0.3 is 25.7 Å². The number of hydrogen-bond donors (Lipinski definition) is 5. The van der Waals surface area contributed by atoms with E-state index >= 15 is 0 Å². The molecule has 0 aromatic rings. The molecule has 0 aromatic heterocycles. The Kier molecular flexibility index (Phi) is 2.87. The van der Waals surface area contributed by atoms with E-state index in [0.29, 0.717) is 0 Å². The molecule has 5 atom stereocenters. The van der Waals surface area contributed by atoms with Gasteiger partial charge in [-0.05, 0) is 0 Å². The van der Waals surface area contributed by atoms with E-state index in [1.807, 2.05) is 0 Å². The maximum absolute atomic E-state index is 10.6. The van der Waals surface area contributed by atoms with Crippen LogP contribution in [-0.2, 0) is 4.79 Å². The lowest BCUT2D eigenvalue weighted by Gasteiger charge is -2.18. The Morgan fingerprint density at radius 2 is 1.38 bits per heavy atom. The van der Waals surface area contributed by atoms with Crippen molar-refractivity contribution in [2.24, 2.45) is 0 Å². The third-order valence-corrected chi connectivity index (χ3v) is 2.16. The average molecular weight is 191 g/mol. The smallest absolute Gasteiger partial charge is 0.217 e. The molecule has 1 saturated carbocycles. The maximum atomic E-state index is 10.6. The number of carbonyl (C=O) groups is 1. The first-order valence-electron chi connectivity index (χ1n) is 3.94. The quantitative estimate of drug-likeness (QED) is 0.302. The van der Waals surface area contributed by atoms with Crippen molar-refractivity contribution in [3.8, 4) is 0 Å². The minimum absolute atomic E-state index is 0.440. The van der Waals surface area contributed by atoms with Gasteiger partial charge in [0.1, 0.15) is 24.4 Å². The van der Waals surface area contributed by atoms with Crippen molar-refractivity contribution in [2.75, 3.05) is 0 Å². The van der Waals surface area contributed by atoms with Gasteiger partial charge in [0, 0.05) is 6.92 Å². The molecule has 0 bridgehead atoms. The molecule has 0 saturated heterocycles. The number of amides is 1. The summed E-state index contributed by atoms with van der Waals surface area (Å²) in [5.74, 6) is -0.440. The molecule has 6 nitrogen and oxygen atoms in total. The average Bonchev–Trinajstić information content (AvgIpc) is 2.22. The van der Waals surface area contributed by atoms with E-state index in [1.165, 1.54) is 6.92 Å². The zero-order valence-electron chi connectivity index (χ0n) is 7.08. The molecule has 76 valence electrons. The largest absolute Gasteiger partial charge is 0.388 e. The van der Waals surface area contributed by atoms with Gasteiger partial charge in [0.2, 0.25) is 5.91 Å². The molecule has 5 N–H and O–H groups in total. The van der Waals surface area contributed by atoms with E-state index < -0.39 is 36.4 Å². The molecule has 0 spiro atoms. The van der Waals surface area contributed by atoms with Gasteiger partial charge in [0.15, 0.2) is 0 Å². The van der Waals surface area contributed by atoms with E-state index in [2.05, 4.69) is 5.32 Å². The first kappa shape index (κ1) is 10.4. The van der Waals surface area contributed by atoms with Crippen molar-refractivity contribution in [1.82, 2.24) is 5.32 Å². The fourth-order valence-electron chi connectivity index (χ4n) is 1.44. The molecule has 0 heterocycles. The van der Waals surface area contributed by atoms with Gasteiger partial charge >= 0.3 is 0 Å². The summed E-state index contributed by atoms with van der Waals surface area (Å²) in [7, 11) is 0. The van der Waals surface area contributed by atoms with Crippen LogP contribution in [0.4, 0.5) is 0 Å². The molecule has 1 amide bonds. The van der Waals surface area contributed by atoms with Crippen LogP contribution in [0.15, 0.2) is 0 Å². The van der Waals surface area contributed by atoms with Crippen molar-refractivity contribution in [1.29, 1.82) is 0 Å². The molecule has 1 aliphatic rings. The summed E-state index contributed by atoms with van der Waals surface area (Å²) in [6.45, 7) is 1.22. The van der Waals surface area contributed by atoms with Crippen LogP contribution in [0.5, 0.6) is 0 Å². The van der Waals surface area contributed by atoms with E-state index in [-0.39, 0.29) is 0 Å². The van der Waals surface area contributed by atoms with Crippen molar-refractivity contribution in [2.45, 2.75) is 37.4 Å². The number of carbonyl (C=O) groups excluding carboxylic acids is 1. The van der Waals surface area contributed by atoms with E-state index in [4.69, 9.17) is 10.2 Å². The Morgan fingerprint density at radius 1 is 1.00 bits per heavy atom. The van der Waals surface area contributed by atoms with Crippen LogP contribution in [0.1, 0.15) is 6.92 Å². The molecule has 1 unspecified atom stereocenters. The van der Waals surface area contributed by atoms with E-state index in [9.17, 15) is 15.0 Å². The Morgan fingerprint density at radius 3 is 1.69 bits per heavy atom. The Hall–Kier alpha value is -0.690. The molecular weight excluding hydrogens is 178 g/mol. The second kappa shape index (κ2) is 3.59. The molecule has 6 heteroatoms. The molecule has 13 heavy (non-hydrogen) atoms. The Labute approximate surface area is 74.8 Å². The lowest BCUT2D eigenvalue weighted by molar-refractivity contribution is -0.121. The van der Waals surface area contributed by atoms with Crippen molar-refractivity contribution in [3.63, 3.8) is 0 Å². The highest BCUT2D eigenvalue weighted by Gasteiger charge is 2.48. The standard InChI is InChI=1S/C7H13NO5/c1-2(9)8-3-4(10)6(12)7(13)5(3)11/h3-7,10-13H,1H3,(H,8,9)/t3?,4-,5+,6+,7-. The summed E-state index contributed by atoms with van der Waals surface area (Å²) >= 11 is 0. The molecule has 1 fully saturated rings. The van der Waals surface area contributed by atoms with Crippen LogP contribution in [0.3, 0.4) is 0 Å². The predicted octanol–water partition coefficient (Wildman–Crippen LogP) is -3.05. The second-order valence-corrected chi connectivity index (χ2v) is 3.19. The number of aliphatic hydroxyl groups is 4. The third kappa shape index (κ3) is 1.80. The van der Waals surface area contributed by atoms with Crippen molar-refractivity contribution < 1.29 is 25.2 Å². The van der Waals surface area contributed by atoms with Gasteiger partial charge in [-0.2, -0.15) is 0 Å². The highest BCUT2D eigenvalue weighted by molar-refractivity contribution is 5.73. The van der Waals surface area contributed by atoms with Crippen LogP contribution in [0, 0.1) is 0 Å². The molecule has 0 aromatic carbocycles. The lowest BCUT2D eigenvalue weighted by atomic mass is 10.2. The fraction of sp³-hybridized carbons (Fsp3) is 0.857. The molecule has 1 rings (SSSR count). The summed E-state index contributed by atoms with van der Waals surface area (Å²) in [4.78, 5) is 10.6. The van der Waals surface area contributed by atoms with Gasteiger partial charge in [-0.25, -0.2) is 0 Å². The minimum Gasteiger partial charge on any atom is -0.388 e. The third-order valence-electron chi connectivity index (χ3n) is 2.16. The van der Waals surface area contributed by atoms with Crippen LogP contribution >= 0.6 is 0 Å². The zero-order valence-corrected chi connectivity index (χ0v) is 7.08. The fourth-order valence-corrected chi connectivity index (χ4v) is 1.44. The van der Waals surface area contributed by atoms with Crippen LogP contribution in [0.25, 0.3) is 0 Å². The molecule has 0 aliphatic heterocycles. The van der Waals surface area contributed by atoms with Crippen LogP contribution < -0.4 is 5.32 Å². The topological polar surface area (TPSA) is 110 Å².